The molecule has 1 aliphatic rings. The smallest absolute Gasteiger partial charge is 0.143 e. The second-order valence-corrected chi connectivity index (χ2v) is 42.1. The molecule has 96 heavy (non-hydrogen) atoms. The number of rotatable bonds is 0. The summed E-state index contributed by atoms with van der Waals surface area (Å²) >= 11 is 10.0. The second-order valence-electron chi connectivity index (χ2n) is 33.4. The fraction of sp³-hybridized carbons (Fsp3) is 0.400. The van der Waals surface area contributed by atoms with E-state index in [0.717, 1.165) is 44.5 Å². The van der Waals surface area contributed by atoms with E-state index in [2.05, 4.69) is 166 Å². The molecule has 1 heterocycles. The van der Waals surface area contributed by atoms with Crippen LogP contribution in [0, 0.1) is 0 Å². The summed E-state index contributed by atoms with van der Waals surface area (Å²) in [5.74, 6) is -0.199. The molecule has 0 aromatic heterocycles. The Balaban J connectivity index is 1.34. The Labute approximate surface area is 605 Å². The summed E-state index contributed by atoms with van der Waals surface area (Å²) in [4.78, 5) is 7.95. The van der Waals surface area contributed by atoms with Gasteiger partial charge in [0.25, 0.3) is 0 Å². The quantitative estimate of drug-likeness (QED) is 0.0723. The van der Waals surface area contributed by atoms with Gasteiger partial charge in [-0.15, -0.1) is 0 Å². The van der Waals surface area contributed by atoms with Gasteiger partial charge in [-0.3, -0.25) is 0 Å². The summed E-state index contributed by atoms with van der Waals surface area (Å²) in [5, 5.41) is 102. The van der Waals surface area contributed by atoms with Crippen molar-refractivity contribution in [3.05, 3.63) is 142 Å². The fourth-order valence-corrected chi connectivity index (χ4v) is 19.0. The van der Waals surface area contributed by atoms with Crippen molar-refractivity contribution < 1.29 is 40.9 Å². The number of phenolic OH excluding ortho intramolecular Hbond substituents is 8. The van der Waals surface area contributed by atoms with Gasteiger partial charge in [0.15, 0.2) is 0 Å². The van der Waals surface area contributed by atoms with Crippen LogP contribution in [0.4, 0.5) is 0 Å². The minimum atomic E-state index is -0.405. The highest BCUT2D eigenvalue weighted by Crippen LogP contribution is 2.59. The standard InChI is InChI=1S/C80H96O8S8/c1-73(2,3)41-25-49-65(81)50(26-41)90-52-28-43(75(7,8)9)30-54(67(52)83)92-56-32-45(77(13,14)15)34-58(69(56)85)94-60-36-47(79(19,20)21)38-62(71(60)87)96-64-40-48(80(22,23)24)39-63(72(64)88)95-61-37-46(78(16,17)18)35-59(70(61)86)93-57-33-44(76(10,11)12)31-55(68(57)84)91-53-29-42(74(4,5)6)27-51(89-49)66(53)82/h25-40,81-88H,1-24H3. The molecule has 0 spiro atoms. The van der Waals surface area contributed by atoms with Crippen LogP contribution in [0.15, 0.2) is 175 Å². The molecule has 16 bridgehead atoms. The largest absolute Gasteiger partial charge is 0.506 e. The van der Waals surface area contributed by atoms with E-state index in [0.29, 0.717) is 78.3 Å². The third-order valence-electron chi connectivity index (χ3n) is 17.0. The van der Waals surface area contributed by atoms with Crippen LogP contribution in [0.1, 0.15) is 211 Å². The van der Waals surface area contributed by atoms with Gasteiger partial charge in [-0.2, -0.15) is 0 Å². The SMILES string of the molecule is CC(C)(C)c1cc2c(O)c(c1)Sc1cc(C(C)(C)C)cc(c1O)Sc1cc(C(C)(C)C)cc(c1O)Sc1cc(C(C)(C)C)cc(c1O)Sc1cc(C(C)(C)C)cc(c1O)Sc1cc(C(C)(C)C)cc(c1O)Sc1cc(C(C)(C)C)cc(c1O)Sc1cc(C(C)(C)C)cc(c1O)S2. The highest BCUT2D eigenvalue weighted by Gasteiger charge is 2.32. The van der Waals surface area contributed by atoms with E-state index in [-0.39, 0.29) is 46.0 Å². The highest BCUT2D eigenvalue weighted by molar-refractivity contribution is 8.02. The number of phenols is 8. The lowest BCUT2D eigenvalue weighted by Crippen LogP contribution is -2.12. The zero-order chi connectivity index (χ0) is 71.4. The van der Waals surface area contributed by atoms with Crippen LogP contribution in [0.5, 0.6) is 46.0 Å². The maximum atomic E-state index is 12.7. The average Bonchev–Trinajstić information content (AvgIpc) is 0.783. The van der Waals surface area contributed by atoms with Gasteiger partial charge in [-0.1, -0.05) is 260 Å². The van der Waals surface area contributed by atoms with Crippen molar-refractivity contribution in [3.63, 3.8) is 0 Å². The number of hydrogen-bond acceptors (Lipinski definition) is 16. The number of hydrogen-bond donors (Lipinski definition) is 8. The van der Waals surface area contributed by atoms with Crippen LogP contribution >= 0.6 is 94.1 Å². The molecule has 0 atom stereocenters. The average molecular weight is 1440 g/mol. The van der Waals surface area contributed by atoms with E-state index in [9.17, 15) is 40.9 Å². The Bertz CT molecular complexity index is 3340. The van der Waals surface area contributed by atoms with Crippen LogP contribution in [0.2, 0.25) is 0 Å². The van der Waals surface area contributed by atoms with Gasteiger partial charge < -0.3 is 40.9 Å². The maximum absolute atomic E-state index is 12.7. The van der Waals surface area contributed by atoms with Crippen molar-refractivity contribution in [2.75, 3.05) is 0 Å². The number of aromatic hydroxyl groups is 8. The van der Waals surface area contributed by atoms with Crippen molar-refractivity contribution in [1.29, 1.82) is 0 Å². The van der Waals surface area contributed by atoms with Crippen LogP contribution in [-0.2, 0) is 43.3 Å². The first kappa shape index (κ1) is 75.2. The molecule has 1 aliphatic heterocycles. The molecule has 0 saturated carbocycles. The van der Waals surface area contributed by atoms with E-state index < -0.39 is 43.3 Å². The Morgan fingerprint density at radius 1 is 0.146 bits per heavy atom. The minimum absolute atomic E-state index is 0.0249. The Hall–Kier alpha value is -5.04. The van der Waals surface area contributed by atoms with Gasteiger partial charge in [0, 0.05) is 0 Å². The molecular formula is C80H96O8S8. The van der Waals surface area contributed by atoms with Crippen LogP contribution in [-0.4, -0.2) is 40.9 Å². The van der Waals surface area contributed by atoms with E-state index in [1.807, 2.05) is 97.1 Å². The van der Waals surface area contributed by atoms with E-state index >= 15 is 0 Å². The van der Waals surface area contributed by atoms with Crippen LogP contribution in [0.25, 0.3) is 0 Å². The molecule has 0 radical (unpaired) electrons. The van der Waals surface area contributed by atoms with Gasteiger partial charge in [-0.05, 0) is 185 Å². The van der Waals surface area contributed by atoms with Crippen molar-refractivity contribution in [1.82, 2.24) is 0 Å². The molecule has 8 N–H and O–H groups in total. The van der Waals surface area contributed by atoms with Crippen molar-refractivity contribution in [2.45, 2.75) is 288 Å². The maximum Gasteiger partial charge on any atom is 0.143 e. The van der Waals surface area contributed by atoms with E-state index in [1.54, 1.807) is 0 Å². The summed E-state index contributed by atoms with van der Waals surface area (Å²) in [6.45, 7) is 50.7. The number of fused-ring (bicyclic) bond motifs is 16. The summed E-state index contributed by atoms with van der Waals surface area (Å²) in [7, 11) is 0. The van der Waals surface area contributed by atoms with Crippen molar-refractivity contribution in [2.24, 2.45) is 0 Å². The molecule has 9 rings (SSSR count). The van der Waals surface area contributed by atoms with Gasteiger partial charge in [0.2, 0.25) is 0 Å². The van der Waals surface area contributed by atoms with Gasteiger partial charge >= 0.3 is 0 Å². The predicted octanol–water partition coefficient (Wildman–Crippen LogP) is 25.2. The summed E-state index contributed by atoms with van der Waals surface area (Å²) in [5.41, 5.74) is 4.12. The Morgan fingerprint density at radius 3 is 0.260 bits per heavy atom. The Kier molecular flexibility index (Phi) is 21.0. The normalized spacial score (nSPS) is 14.2. The molecule has 8 aromatic rings. The predicted molar refractivity (Wildman–Crippen MR) is 407 cm³/mol. The van der Waals surface area contributed by atoms with Crippen LogP contribution < -0.4 is 0 Å². The molecular weight excluding hydrogens is 1350 g/mol. The molecule has 512 valence electrons. The number of benzene rings is 8. The molecule has 16 heteroatoms. The third-order valence-corrected chi connectivity index (χ3v) is 25.5. The topological polar surface area (TPSA) is 162 Å². The van der Waals surface area contributed by atoms with Gasteiger partial charge in [-0.25, -0.2) is 0 Å². The fourth-order valence-electron chi connectivity index (χ4n) is 10.3. The van der Waals surface area contributed by atoms with Crippen molar-refractivity contribution >= 4 is 94.1 Å². The molecule has 0 saturated heterocycles. The second kappa shape index (κ2) is 26.8. The molecule has 0 aliphatic carbocycles. The monoisotopic (exact) mass is 1440 g/mol. The molecule has 0 amide bonds. The zero-order valence-electron chi connectivity index (χ0n) is 60.1. The van der Waals surface area contributed by atoms with E-state index in [4.69, 9.17) is 0 Å². The molecule has 8 aromatic carbocycles. The Morgan fingerprint density at radius 2 is 0.208 bits per heavy atom. The minimum Gasteiger partial charge on any atom is -0.506 e. The van der Waals surface area contributed by atoms with Crippen LogP contribution in [0.3, 0.4) is 0 Å². The first-order valence-electron chi connectivity index (χ1n) is 32.3. The van der Waals surface area contributed by atoms with Gasteiger partial charge in [0.05, 0.1) is 78.3 Å². The third kappa shape index (κ3) is 16.7. The lowest BCUT2D eigenvalue weighted by Gasteiger charge is -2.26. The molecule has 0 unspecified atom stereocenters. The molecule has 8 nitrogen and oxygen atoms in total. The van der Waals surface area contributed by atoms with Gasteiger partial charge in [0.1, 0.15) is 46.0 Å². The summed E-state index contributed by atoms with van der Waals surface area (Å²) in [6.07, 6.45) is 0. The van der Waals surface area contributed by atoms with E-state index in [1.165, 1.54) is 94.1 Å². The lowest BCUT2D eigenvalue weighted by atomic mass is 9.87. The van der Waals surface area contributed by atoms with Crippen molar-refractivity contribution in [3.8, 4) is 46.0 Å². The summed E-state index contributed by atoms with van der Waals surface area (Å²) in [6, 6.07) is 31.5. The lowest BCUT2D eigenvalue weighted by molar-refractivity contribution is 0.441. The summed E-state index contributed by atoms with van der Waals surface area (Å²) < 4.78 is 0. The first-order valence-corrected chi connectivity index (χ1v) is 38.8. The zero-order valence-corrected chi connectivity index (χ0v) is 66.6. The first-order chi connectivity index (χ1) is 43.9. The molecule has 0 fully saturated rings. The highest BCUT2D eigenvalue weighted by atomic mass is 32.2.